The van der Waals surface area contributed by atoms with Crippen molar-refractivity contribution in [3.05, 3.63) is 47.7 Å². The summed E-state index contributed by atoms with van der Waals surface area (Å²) in [5, 5.41) is 9.01. The number of hydrogen-bond acceptors (Lipinski definition) is 3. The Balaban J connectivity index is 2.53. The van der Waals surface area contributed by atoms with Crippen molar-refractivity contribution in [2.45, 2.75) is 0 Å². The third-order valence-corrected chi connectivity index (χ3v) is 2.53. The number of nitrogens with zero attached hydrogens (tertiary/aromatic N) is 1. The lowest BCUT2D eigenvalue weighted by Gasteiger charge is -2.07. The zero-order valence-corrected chi connectivity index (χ0v) is 9.85. The van der Waals surface area contributed by atoms with Crippen LogP contribution in [-0.4, -0.2) is 23.2 Å². The first-order valence-corrected chi connectivity index (χ1v) is 5.25. The molecule has 0 fully saturated rings. The van der Waals surface area contributed by atoms with Crippen LogP contribution in [0.4, 0.5) is 8.78 Å². The molecule has 1 aromatic carbocycles. The van der Waals surface area contributed by atoms with Crippen molar-refractivity contribution in [2.24, 2.45) is 0 Å². The Hall–Kier alpha value is -2.50. The van der Waals surface area contributed by atoms with Crippen molar-refractivity contribution in [2.75, 3.05) is 7.11 Å². The van der Waals surface area contributed by atoms with Crippen LogP contribution in [0.2, 0.25) is 0 Å². The highest BCUT2D eigenvalue weighted by molar-refractivity contribution is 5.91. The Bertz CT molecular complexity index is 644. The maximum atomic E-state index is 13.1. The van der Waals surface area contributed by atoms with E-state index in [0.717, 1.165) is 12.1 Å². The van der Waals surface area contributed by atoms with Crippen molar-refractivity contribution < 1.29 is 23.4 Å². The van der Waals surface area contributed by atoms with Crippen LogP contribution in [0.25, 0.3) is 11.1 Å². The molecule has 19 heavy (non-hydrogen) atoms. The predicted octanol–water partition coefficient (Wildman–Crippen LogP) is 2.73. The highest BCUT2D eigenvalue weighted by Crippen LogP contribution is 2.25. The van der Waals surface area contributed by atoms with Gasteiger partial charge in [0.25, 0.3) is 0 Å². The third-order valence-electron chi connectivity index (χ3n) is 2.53. The molecule has 1 aromatic heterocycles. The van der Waals surface area contributed by atoms with Crippen molar-refractivity contribution in [3.8, 4) is 17.0 Å². The normalized spacial score (nSPS) is 10.3. The van der Waals surface area contributed by atoms with E-state index in [1.54, 1.807) is 0 Å². The summed E-state index contributed by atoms with van der Waals surface area (Å²) in [6.45, 7) is 0. The topological polar surface area (TPSA) is 59.4 Å². The molecule has 0 atom stereocenters. The van der Waals surface area contributed by atoms with Crippen LogP contribution >= 0.6 is 0 Å². The minimum Gasteiger partial charge on any atom is -0.480 e. The fourth-order valence-corrected chi connectivity index (χ4v) is 1.60. The second-order valence-corrected chi connectivity index (χ2v) is 3.71. The van der Waals surface area contributed by atoms with Gasteiger partial charge in [0, 0.05) is 11.8 Å². The molecule has 6 heteroatoms. The lowest BCUT2D eigenvalue weighted by atomic mass is 10.1. The summed E-state index contributed by atoms with van der Waals surface area (Å²) in [6, 6.07) is 4.58. The average Bonchev–Trinajstić information content (AvgIpc) is 2.41. The van der Waals surface area contributed by atoms with E-state index < -0.39 is 17.6 Å². The predicted molar refractivity (Wildman–Crippen MR) is 63.1 cm³/mol. The van der Waals surface area contributed by atoms with Crippen LogP contribution in [0, 0.1) is 11.6 Å². The third kappa shape index (κ3) is 2.52. The van der Waals surface area contributed by atoms with E-state index in [0.29, 0.717) is 11.1 Å². The molecule has 0 aliphatic carbocycles. The molecule has 2 rings (SSSR count). The summed E-state index contributed by atoms with van der Waals surface area (Å²) in [5.74, 6) is -3.23. The van der Waals surface area contributed by atoms with Crippen LogP contribution in [0.5, 0.6) is 5.88 Å². The van der Waals surface area contributed by atoms with Gasteiger partial charge in [0.1, 0.15) is 5.56 Å². The first kappa shape index (κ1) is 12.9. The van der Waals surface area contributed by atoms with Crippen molar-refractivity contribution in [1.29, 1.82) is 0 Å². The molecule has 4 nitrogen and oxygen atoms in total. The van der Waals surface area contributed by atoms with Crippen LogP contribution in [0.1, 0.15) is 10.4 Å². The SMILES string of the molecule is COc1ncc(-c2ccc(F)c(F)c2)cc1C(=O)O. The van der Waals surface area contributed by atoms with Gasteiger partial charge in [0.05, 0.1) is 7.11 Å². The minimum absolute atomic E-state index is 0.0427. The molecule has 0 radical (unpaired) electrons. The zero-order valence-electron chi connectivity index (χ0n) is 9.85. The molecule has 1 N–H and O–H groups in total. The van der Waals surface area contributed by atoms with E-state index in [-0.39, 0.29) is 11.4 Å². The molecular formula is C13H9F2NO3. The highest BCUT2D eigenvalue weighted by Gasteiger charge is 2.14. The van der Waals surface area contributed by atoms with E-state index in [9.17, 15) is 13.6 Å². The van der Waals surface area contributed by atoms with Gasteiger partial charge < -0.3 is 9.84 Å². The number of aromatic carboxylic acids is 1. The fraction of sp³-hybridized carbons (Fsp3) is 0.0769. The number of carboxylic acids is 1. The summed E-state index contributed by atoms with van der Waals surface area (Å²) >= 11 is 0. The van der Waals surface area contributed by atoms with Crippen molar-refractivity contribution in [3.63, 3.8) is 0 Å². The van der Waals surface area contributed by atoms with Crippen molar-refractivity contribution >= 4 is 5.97 Å². The molecule has 2 aromatic rings. The number of aromatic nitrogens is 1. The summed E-state index contributed by atoms with van der Waals surface area (Å²) < 4.78 is 30.8. The van der Waals surface area contributed by atoms with Crippen LogP contribution in [0.3, 0.4) is 0 Å². The number of carboxylic acid groups (broad SMARTS) is 1. The number of benzene rings is 1. The van der Waals surface area contributed by atoms with E-state index in [1.807, 2.05) is 0 Å². The van der Waals surface area contributed by atoms with Gasteiger partial charge in [-0.1, -0.05) is 6.07 Å². The van der Waals surface area contributed by atoms with Gasteiger partial charge >= 0.3 is 5.97 Å². The highest BCUT2D eigenvalue weighted by atomic mass is 19.2. The molecule has 0 unspecified atom stereocenters. The molecular weight excluding hydrogens is 256 g/mol. The van der Waals surface area contributed by atoms with E-state index in [2.05, 4.69) is 4.98 Å². The molecule has 0 spiro atoms. The lowest BCUT2D eigenvalue weighted by molar-refractivity contribution is 0.0692. The summed E-state index contributed by atoms with van der Waals surface area (Å²) in [6.07, 6.45) is 1.33. The Morgan fingerprint density at radius 3 is 2.53 bits per heavy atom. The molecule has 0 aliphatic heterocycles. The molecule has 0 saturated carbocycles. The molecule has 98 valence electrons. The van der Waals surface area contributed by atoms with Gasteiger partial charge in [-0.25, -0.2) is 18.6 Å². The standard InChI is InChI=1S/C13H9F2NO3/c1-19-12-9(13(17)18)4-8(6-16-12)7-2-3-10(14)11(15)5-7/h2-6H,1H3,(H,17,18). The fourth-order valence-electron chi connectivity index (χ4n) is 1.60. The first-order valence-electron chi connectivity index (χ1n) is 5.25. The van der Waals surface area contributed by atoms with Gasteiger partial charge in [-0.15, -0.1) is 0 Å². The van der Waals surface area contributed by atoms with Gasteiger partial charge in [-0.3, -0.25) is 0 Å². The number of halogens is 2. The molecule has 0 saturated heterocycles. The van der Waals surface area contributed by atoms with Crippen LogP contribution in [0.15, 0.2) is 30.5 Å². The monoisotopic (exact) mass is 265 g/mol. The molecule has 0 bridgehead atoms. The number of hydrogen-bond donors (Lipinski definition) is 1. The first-order chi connectivity index (χ1) is 9.02. The molecule has 0 aliphatic rings. The second kappa shape index (κ2) is 5.01. The Labute approximate surface area is 107 Å². The Kier molecular flexibility index (Phi) is 3.41. The van der Waals surface area contributed by atoms with Gasteiger partial charge in [0.2, 0.25) is 5.88 Å². The van der Waals surface area contributed by atoms with E-state index >= 15 is 0 Å². The Morgan fingerprint density at radius 2 is 1.95 bits per heavy atom. The minimum atomic E-state index is -1.21. The summed E-state index contributed by atoms with van der Waals surface area (Å²) in [7, 11) is 1.30. The average molecular weight is 265 g/mol. The zero-order chi connectivity index (χ0) is 14.0. The van der Waals surface area contributed by atoms with Gasteiger partial charge in [-0.2, -0.15) is 0 Å². The number of ether oxygens (including phenoxy) is 1. The van der Waals surface area contributed by atoms with Crippen LogP contribution in [-0.2, 0) is 0 Å². The van der Waals surface area contributed by atoms with Gasteiger partial charge in [0.15, 0.2) is 11.6 Å². The maximum absolute atomic E-state index is 13.1. The molecule has 0 amide bonds. The maximum Gasteiger partial charge on any atom is 0.341 e. The summed E-state index contributed by atoms with van der Waals surface area (Å²) in [4.78, 5) is 14.9. The number of methoxy groups -OCH3 is 1. The van der Waals surface area contributed by atoms with Crippen LogP contribution < -0.4 is 4.74 Å². The van der Waals surface area contributed by atoms with Gasteiger partial charge in [-0.05, 0) is 23.8 Å². The number of rotatable bonds is 3. The lowest BCUT2D eigenvalue weighted by Crippen LogP contribution is -2.02. The van der Waals surface area contributed by atoms with E-state index in [1.165, 1.54) is 25.4 Å². The summed E-state index contributed by atoms with van der Waals surface area (Å²) in [5.41, 5.74) is 0.540. The molecule has 1 heterocycles. The smallest absolute Gasteiger partial charge is 0.341 e. The largest absolute Gasteiger partial charge is 0.480 e. The van der Waals surface area contributed by atoms with E-state index in [4.69, 9.17) is 9.84 Å². The Morgan fingerprint density at radius 1 is 1.21 bits per heavy atom. The quantitative estimate of drug-likeness (QED) is 0.927. The second-order valence-electron chi connectivity index (χ2n) is 3.71. The van der Waals surface area contributed by atoms with Crippen molar-refractivity contribution in [1.82, 2.24) is 4.98 Å². The number of pyridine rings is 1. The number of carbonyl (C=O) groups is 1.